The number of rotatable bonds is 6. The molecule has 0 aliphatic rings. The Hall–Kier alpha value is -2.41. The van der Waals surface area contributed by atoms with Crippen LogP contribution in [0.1, 0.15) is 58.5 Å². The molecule has 3 rings (SSSR count). The smallest absolute Gasteiger partial charge is 0.251 e. The predicted octanol–water partition coefficient (Wildman–Crippen LogP) is 4.33. The normalized spacial score (nSPS) is 12.2. The molecule has 0 spiro atoms. The van der Waals surface area contributed by atoms with Crippen LogP contribution in [0.3, 0.4) is 0 Å². The fraction of sp³-hybridized carbons (Fsp3) is 0.381. The number of carbonyl (C=O) groups is 1. The number of amides is 1. The molecule has 28 heavy (non-hydrogen) atoms. The zero-order chi connectivity index (χ0) is 20.4. The van der Waals surface area contributed by atoms with E-state index in [0.717, 1.165) is 39.2 Å². The van der Waals surface area contributed by atoms with Gasteiger partial charge in [-0.15, -0.1) is 0 Å². The number of hydrogen-bond acceptors (Lipinski definition) is 3. The summed E-state index contributed by atoms with van der Waals surface area (Å²) in [5.74, 6) is -0.0902. The molecule has 1 N–H and O–H groups in total. The van der Waals surface area contributed by atoms with E-state index in [4.69, 9.17) is 0 Å². The van der Waals surface area contributed by atoms with Crippen molar-refractivity contribution in [2.45, 2.75) is 53.8 Å². The van der Waals surface area contributed by atoms with E-state index >= 15 is 0 Å². The molecule has 0 saturated heterocycles. The van der Waals surface area contributed by atoms with Crippen molar-refractivity contribution in [1.29, 1.82) is 0 Å². The quantitative estimate of drug-likeness (QED) is 0.616. The van der Waals surface area contributed by atoms with Crippen molar-refractivity contribution in [3.8, 4) is 0 Å². The second kappa shape index (κ2) is 8.31. The molecule has 7 heteroatoms. The Kier molecular flexibility index (Phi) is 6.03. The van der Waals surface area contributed by atoms with E-state index in [1.807, 2.05) is 67.5 Å². The molecule has 2 aromatic heterocycles. The number of hydrogen-bond donors (Lipinski definition) is 1. The minimum Gasteiger partial charge on any atom is -0.345 e. The summed E-state index contributed by atoms with van der Waals surface area (Å²) in [6, 6.07) is 7.58. The third-order valence-electron chi connectivity index (χ3n) is 5.07. The van der Waals surface area contributed by atoms with Gasteiger partial charge in [-0.3, -0.25) is 14.2 Å². The highest BCUT2D eigenvalue weighted by Crippen LogP contribution is 2.21. The third-order valence-corrected chi connectivity index (χ3v) is 6.22. The van der Waals surface area contributed by atoms with Crippen molar-refractivity contribution >= 4 is 21.8 Å². The van der Waals surface area contributed by atoms with Crippen LogP contribution in [0.25, 0.3) is 0 Å². The van der Waals surface area contributed by atoms with E-state index in [2.05, 4.69) is 38.4 Å². The number of benzene rings is 1. The molecule has 1 aromatic carbocycles. The van der Waals surface area contributed by atoms with Gasteiger partial charge in [0.2, 0.25) is 0 Å². The van der Waals surface area contributed by atoms with E-state index in [9.17, 15) is 4.79 Å². The van der Waals surface area contributed by atoms with Gasteiger partial charge in [-0.05, 0) is 68.2 Å². The minimum atomic E-state index is -0.108. The van der Waals surface area contributed by atoms with Crippen LogP contribution in [-0.2, 0) is 13.1 Å². The Morgan fingerprint density at radius 1 is 1.21 bits per heavy atom. The molecule has 148 valence electrons. The molecule has 1 amide bonds. The van der Waals surface area contributed by atoms with Gasteiger partial charge in [-0.25, -0.2) is 0 Å². The van der Waals surface area contributed by atoms with Gasteiger partial charge in [-0.2, -0.15) is 10.2 Å². The molecule has 0 aliphatic carbocycles. The topological polar surface area (TPSA) is 64.7 Å². The first-order valence-electron chi connectivity index (χ1n) is 9.43. The van der Waals surface area contributed by atoms with E-state index in [0.29, 0.717) is 12.1 Å². The van der Waals surface area contributed by atoms with Crippen LogP contribution in [0.15, 0.2) is 34.9 Å². The van der Waals surface area contributed by atoms with Crippen LogP contribution in [0, 0.1) is 20.8 Å². The molecule has 1 unspecified atom stereocenters. The highest BCUT2D eigenvalue weighted by molar-refractivity contribution is 9.10. The lowest BCUT2D eigenvalue weighted by molar-refractivity contribution is 0.0939. The molecule has 3 aromatic rings. The maximum atomic E-state index is 12.8. The third kappa shape index (κ3) is 4.04. The molecule has 2 heterocycles. The number of aryl methyl sites for hydroxylation is 2. The minimum absolute atomic E-state index is 0.0902. The number of aromatic nitrogens is 4. The molecule has 0 fully saturated rings. The molecule has 0 radical (unpaired) electrons. The number of carbonyl (C=O) groups excluding carboxylic acids is 1. The van der Waals surface area contributed by atoms with E-state index in [-0.39, 0.29) is 11.9 Å². The summed E-state index contributed by atoms with van der Waals surface area (Å²) in [4.78, 5) is 12.8. The standard InChI is InChI=1S/C21H26BrN5O/c1-6-26-15(4)19(11-23-26)13(2)24-21(28)18-9-7-8-17(10-18)12-27-16(5)20(22)14(3)25-27/h7-11,13H,6,12H2,1-5H3,(H,24,28). The van der Waals surface area contributed by atoms with E-state index in [1.54, 1.807) is 0 Å². The van der Waals surface area contributed by atoms with Crippen molar-refractivity contribution < 1.29 is 4.79 Å². The molecule has 1 atom stereocenters. The van der Waals surface area contributed by atoms with Crippen LogP contribution >= 0.6 is 15.9 Å². The summed E-state index contributed by atoms with van der Waals surface area (Å²) in [6.45, 7) is 11.5. The fourth-order valence-electron chi connectivity index (χ4n) is 3.38. The van der Waals surface area contributed by atoms with Gasteiger partial charge in [0.25, 0.3) is 5.91 Å². The van der Waals surface area contributed by atoms with Crippen LogP contribution in [-0.4, -0.2) is 25.5 Å². The zero-order valence-electron chi connectivity index (χ0n) is 17.0. The second-order valence-corrected chi connectivity index (χ2v) is 7.83. The lowest BCUT2D eigenvalue weighted by Crippen LogP contribution is -2.27. The van der Waals surface area contributed by atoms with Gasteiger partial charge >= 0.3 is 0 Å². The van der Waals surface area contributed by atoms with E-state index in [1.165, 1.54) is 0 Å². The number of halogens is 1. The molecule has 0 aliphatic heterocycles. The van der Waals surface area contributed by atoms with Gasteiger partial charge in [-0.1, -0.05) is 12.1 Å². The predicted molar refractivity (Wildman–Crippen MR) is 113 cm³/mol. The Bertz CT molecular complexity index is 1000. The Labute approximate surface area is 174 Å². The monoisotopic (exact) mass is 443 g/mol. The molecular weight excluding hydrogens is 418 g/mol. The van der Waals surface area contributed by atoms with Crippen molar-refractivity contribution in [3.63, 3.8) is 0 Å². The zero-order valence-corrected chi connectivity index (χ0v) is 18.5. The molecule has 6 nitrogen and oxygen atoms in total. The molecule has 0 bridgehead atoms. The average Bonchev–Trinajstić information content (AvgIpc) is 3.16. The van der Waals surface area contributed by atoms with Crippen molar-refractivity contribution in [3.05, 3.63) is 68.7 Å². The summed E-state index contributed by atoms with van der Waals surface area (Å²) in [5, 5.41) is 12.0. The molecule has 0 saturated carbocycles. The summed E-state index contributed by atoms with van der Waals surface area (Å²) in [5.41, 5.74) is 5.84. The second-order valence-electron chi connectivity index (χ2n) is 7.04. The first kappa shape index (κ1) is 20.3. The Morgan fingerprint density at radius 2 is 1.96 bits per heavy atom. The highest BCUT2D eigenvalue weighted by Gasteiger charge is 2.17. The summed E-state index contributed by atoms with van der Waals surface area (Å²) < 4.78 is 4.91. The van der Waals surface area contributed by atoms with Crippen molar-refractivity contribution in [1.82, 2.24) is 24.9 Å². The molecular formula is C21H26BrN5O. The summed E-state index contributed by atoms with van der Waals surface area (Å²) >= 11 is 3.56. The summed E-state index contributed by atoms with van der Waals surface area (Å²) in [6.07, 6.45) is 1.83. The van der Waals surface area contributed by atoms with Crippen molar-refractivity contribution in [2.75, 3.05) is 0 Å². The lowest BCUT2D eigenvalue weighted by atomic mass is 10.1. The first-order chi connectivity index (χ1) is 13.3. The number of nitrogens with one attached hydrogen (secondary N) is 1. The van der Waals surface area contributed by atoms with Gasteiger partial charge < -0.3 is 5.32 Å². The fourth-order valence-corrected chi connectivity index (χ4v) is 3.66. The van der Waals surface area contributed by atoms with Gasteiger partial charge in [0.05, 0.1) is 34.6 Å². The highest BCUT2D eigenvalue weighted by atomic mass is 79.9. The maximum absolute atomic E-state index is 12.8. The number of nitrogens with zero attached hydrogens (tertiary/aromatic N) is 4. The maximum Gasteiger partial charge on any atom is 0.251 e. The van der Waals surface area contributed by atoms with E-state index < -0.39 is 0 Å². The van der Waals surface area contributed by atoms with Gasteiger partial charge in [0.15, 0.2) is 0 Å². The van der Waals surface area contributed by atoms with Crippen LogP contribution in [0.4, 0.5) is 0 Å². The largest absolute Gasteiger partial charge is 0.345 e. The van der Waals surface area contributed by atoms with Gasteiger partial charge in [0, 0.05) is 23.4 Å². The SMILES string of the molecule is CCn1ncc(C(C)NC(=O)c2cccc(Cn3nc(C)c(Br)c3C)c2)c1C. The summed E-state index contributed by atoms with van der Waals surface area (Å²) in [7, 11) is 0. The van der Waals surface area contributed by atoms with Gasteiger partial charge in [0.1, 0.15) is 0 Å². The van der Waals surface area contributed by atoms with Crippen molar-refractivity contribution in [2.24, 2.45) is 0 Å². The Morgan fingerprint density at radius 3 is 2.57 bits per heavy atom. The van der Waals surface area contributed by atoms with Crippen LogP contribution in [0.2, 0.25) is 0 Å². The Balaban J connectivity index is 1.74. The lowest BCUT2D eigenvalue weighted by Gasteiger charge is -2.15. The van der Waals surface area contributed by atoms with Crippen LogP contribution in [0.5, 0.6) is 0 Å². The van der Waals surface area contributed by atoms with Crippen LogP contribution < -0.4 is 5.32 Å². The first-order valence-corrected chi connectivity index (χ1v) is 10.2. The average molecular weight is 444 g/mol.